The number of fused-ring (bicyclic) bond motifs is 1. The van der Waals surface area contributed by atoms with Crippen molar-refractivity contribution in [3.8, 4) is 23.0 Å². The summed E-state index contributed by atoms with van der Waals surface area (Å²) in [7, 11) is 2.92. The first kappa shape index (κ1) is 25.2. The van der Waals surface area contributed by atoms with E-state index in [9.17, 15) is 30.3 Å². The van der Waals surface area contributed by atoms with Crippen LogP contribution in [0.2, 0.25) is 0 Å². The first-order valence-electron chi connectivity index (χ1n) is 10.9. The van der Waals surface area contributed by atoms with Gasteiger partial charge in [0.2, 0.25) is 12.1 Å². The van der Waals surface area contributed by atoms with E-state index in [0.29, 0.717) is 11.3 Å². The average Bonchev–Trinajstić information content (AvgIpc) is 2.87. The third-order valence-electron chi connectivity index (χ3n) is 6.14. The monoisotopic (exact) mass is 492 g/mol. The van der Waals surface area contributed by atoms with E-state index in [1.54, 1.807) is 24.3 Å². The molecular weight excluding hydrogens is 464 g/mol. The minimum atomic E-state index is -1.93. The van der Waals surface area contributed by atoms with Crippen LogP contribution in [0.3, 0.4) is 0 Å². The minimum Gasteiger partial charge on any atom is -0.497 e. The molecule has 0 aromatic heterocycles. The number of rotatable bonds is 7. The largest absolute Gasteiger partial charge is 0.497 e. The minimum absolute atomic E-state index is 0.0548. The highest BCUT2D eigenvalue weighted by molar-refractivity contribution is 6.08. The number of carbonyl (C=O) groups is 1. The summed E-state index contributed by atoms with van der Waals surface area (Å²) in [6, 6.07) is 9.66. The van der Waals surface area contributed by atoms with E-state index in [2.05, 4.69) is 0 Å². The summed E-state index contributed by atoms with van der Waals surface area (Å²) in [5, 5.41) is 51.2. The number of ether oxygens (including phenoxy) is 5. The summed E-state index contributed by atoms with van der Waals surface area (Å²) in [6.45, 7) is -0.970. The molecule has 190 valence electrons. The molecule has 6 unspecified atom stereocenters. The summed E-state index contributed by atoms with van der Waals surface area (Å²) in [4.78, 5) is 13.5. The molecule has 5 N–H and O–H groups in total. The van der Waals surface area contributed by atoms with Gasteiger partial charge in [-0.1, -0.05) is 12.1 Å². The summed E-state index contributed by atoms with van der Waals surface area (Å²) < 4.78 is 27.2. The van der Waals surface area contributed by atoms with Crippen molar-refractivity contribution in [2.24, 2.45) is 0 Å². The molecule has 11 heteroatoms. The molecular formula is C24H28O11. The average molecular weight is 492 g/mol. The highest BCUT2D eigenvalue weighted by Gasteiger charge is 2.47. The van der Waals surface area contributed by atoms with Gasteiger partial charge in [-0.3, -0.25) is 4.79 Å². The Morgan fingerprint density at radius 3 is 2.31 bits per heavy atom. The molecule has 0 aliphatic carbocycles. The van der Waals surface area contributed by atoms with Gasteiger partial charge in [0.1, 0.15) is 59.6 Å². The van der Waals surface area contributed by atoms with Crippen LogP contribution in [-0.4, -0.2) is 95.1 Å². The second kappa shape index (κ2) is 9.97. The van der Waals surface area contributed by atoms with Crippen molar-refractivity contribution in [3.63, 3.8) is 0 Å². The summed E-state index contributed by atoms with van der Waals surface area (Å²) in [6.07, 6.45) is -7.77. The summed E-state index contributed by atoms with van der Waals surface area (Å²) >= 11 is 0. The Bertz CT molecular complexity index is 1050. The molecule has 2 aliphatic heterocycles. The van der Waals surface area contributed by atoms with Crippen LogP contribution in [0.1, 0.15) is 15.9 Å². The fourth-order valence-corrected chi connectivity index (χ4v) is 4.11. The summed E-state index contributed by atoms with van der Waals surface area (Å²) in [5.74, 6) is 0.156. The molecule has 11 nitrogen and oxygen atoms in total. The molecule has 6 atom stereocenters. The molecule has 1 saturated heterocycles. The predicted molar refractivity (Wildman–Crippen MR) is 119 cm³/mol. The number of benzene rings is 2. The van der Waals surface area contributed by atoms with E-state index in [-0.39, 0.29) is 35.8 Å². The molecule has 0 spiro atoms. The molecule has 2 heterocycles. The van der Waals surface area contributed by atoms with Crippen LogP contribution in [0.5, 0.6) is 23.0 Å². The first-order chi connectivity index (χ1) is 16.7. The van der Waals surface area contributed by atoms with Crippen LogP contribution in [0.15, 0.2) is 36.4 Å². The molecule has 35 heavy (non-hydrogen) atoms. The van der Waals surface area contributed by atoms with Crippen LogP contribution in [0.25, 0.3) is 0 Å². The third kappa shape index (κ3) is 4.79. The number of Topliss-reactive ketones (excluding diaryl/α,β-unsaturated/α-hetero) is 1. The fourth-order valence-electron chi connectivity index (χ4n) is 4.11. The van der Waals surface area contributed by atoms with Gasteiger partial charge in [0.05, 0.1) is 20.8 Å². The van der Waals surface area contributed by atoms with Gasteiger partial charge in [0.25, 0.3) is 0 Å². The quantitative estimate of drug-likeness (QED) is 0.336. The van der Waals surface area contributed by atoms with E-state index < -0.39 is 48.7 Å². The van der Waals surface area contributed by atoms with Crippen molar-refractivity contribution in [3.05, 3.63) is 47.5 Å². The number of aliphatic hydroxyl groups is 5. The van der Waals surface area contributed by atoms with E-state index in [0.717, 1.165) is 0 Å². The lowest BCUT2D eigenvalue weighted by molar-refractivity contribution is -0.277. The first-order valence-corrected chi connectivity index (χ1v) is 10.9. The van der Waals surface area contributed by atoms with E-state index in [1.165, 1.54) is 26.4 Å². The zero-order valence-corrected chi connectivity index (χ0v) is 19.2. The number of hydrogen-bond donors (Lipinski definition) is 5. The van der Waals surface area contributed by atoms with Gasteiger partial charge < -0.3 is 49.2 Å². The van der Waals surface area contributed by atoms with Crippen LogP contribution >= 0.6 is 0 Å². The molecule has 2 aliphatic rings. The van der Waals surface area contributed by atoms with E-state index in [4.69, 9.17) is 23.7 Å². The second-order valence-corrected chi connectivity index (χ2v) is 8.49. The third-order valence-corrected chi connectivity index (χ3v) is 6.14. The Morgan fingerprint density at radius 1 is 1.00 bits per heavy atom. The smallest absolute Gasteiger partial charge is 0.229 e. The Kier molecular flexibility index (Phi) is 7.17. The van der Waals surface area contributed by atoms with Crippen LogP contribution in [0, 0.1) is 0 Å². The molecule has 2 aromatic rings. The van der Waals surface area contributed by atoms with Crippen molar-refractivity contribution >= 4 is 5.78 Å². The van der Waals surface area contributed by atoms with Gasteiger partial charge in [-0.15, -0.1) is 0 Å². The Balaban J connectivity index is 1.66. The van der Waals surface area contributed by atoms with E-state index >= 15 is 0 Å². The molecule has 0 radical (unpaired) electrons. The van der Waals surface area contributed by atoms with Crippen LogP contribution in [0.4, 0.5) is 0 Å². The maximum atomic E-state index is 13.5. The molecule has 1 fully saturated rings. The number of ketones is 1. The van der Waals surface area contributed by atoms with Gasteiger partial charge in [0, 0.05) is 18.6 Å². The van der Waals surface area contributed by atoms with Crippen molar-refractivity contribution < 1.29 is 54.0 Å². The lowest BCUT2D eigenvalue weighted by atomic mass is 9.85. The predicted octanol–water partition coefficient (Wildman–Crippen LogP) is -0.569. The lowest BCUT2D eigenvalue weighted by Gasteiger charge is -2.40. The van der Waals surface area contributed by atoms with E-state index in [1.807, 2.05) is 0 Å². The van der Waals surface area contributed by atoms with Crippen molar-refractivity contribution in [1.82, 2.24) is 0 Å². The number of aliphatic hydroxyl groups excluding tert-OH is 4. The molecule has 0 bridgehead atoms. The highest BCUT2D eigenvalue weighted by Crippen LogP contribution is 2.42. The van der Waals surface area contributed by atoms with Crippen LogP contribution < -0.4 is 18.9 Å². The van der Waals surface area contributed by atoms with Gasteiger partial charge in [-0.05, 0) is 17.7 Å². The molecule has 4 rings (SSSR count). The van der Waals surface area contributed by atoms with Gasteiger partial charge in [-0.25, -0.2) is 0 Å². The van der Waals surface area contributed by atoms with Gasteiger partial charge in [-0.2, -0.15) is 0 Å². The SMILES string of the molecule is COc1ccc(CC2(O)COc3cc(OC)cc(OC4OC(CO)C(O)C(O)C4O)c3C2=O)cc1. The molecule has 2 aromatic carbocycles. The maximum Gasteiger partial charge on any atom is 0.229 e. The Labute approximate surface area is 201 Å². The van der Waals surface area contributed by atoms with Gasteiger partial charge >= 0.3 is 0 Å². The van der Waals surface area contributed by atoms with Gasteiger partial charge in [0.15, 0.2) is 5.60 Å². The second-order valence-electron chi connectivity index (χ2n) is 8.49. The zero-order valence-electron chi connectivity index (χ0n) is 19.2. The lowest BCUT2D eigenvalue weighted by Crippen LogP contribution is -2.60. The standard InChI is InChI=1S/C24H28O11/c1-31-13-5-3-12(4-6-13)9-24(30)11-33-15-7-14(32-2)8-16(18(15)22(24)29)34-23-21(28)20(27)19(26)17(10-25)35-23/h3-8,17,19-21,23,25-28,30H,9-11H2,1-2H3. The van der Waals surface area contributed by atoms with Crippen molar-refractivity contribution in [1.29, 1.82) is 0 Å². The highest BCUT2D eigenvalue weighted by atomic mass is 16.7. The molecule has 0 saturated carbocycles. The normalized spacial score (nSPS) is 30.3. The molecule has 0 amide bonds. The maximum absolute atomic E-state index is 13.5. The van der Waals surface area contributed by atoms with Crippen molar-refractivity contribution in [2.75, 3.05) is 27.4 Å². The Morgan fingerprint density at radius 2 is 1.69 bits per heavy atom. The number of methoxy groups -OCH3 is 2. The summed E-state index contributed by atoms with van der Waals surface area (Å²) in [5.41, 5.74) is -1.37. The topological polar surface area (TPSA) is 164 Å². The van der Waals surface area contributed by atoms with Crippen molar-refractivity contribution in [2.45, 2.75) is 42.7 Å². The fraction of sp³-hybridized carbons (Fsp3) is 0.458. The Hall–Kier alpha value is -2.93. The number of hydrogen-bond acceptors (Lipinski definition) is 11. The zero-order chi connectivity index (χ0) is 25.3. The van der Waals surface area contributed by atoms with Crippen LogP contribution in [-0.2, 0) is 11.2 Å². The number of carbonyl (C=O) groups excluding carboxylic acids is 1.